The van der Waals surface area contributed by atoms with E-state index in [-0.39, 0.29) is 5.91 Å². The highest BCUT2D eigenvalue weighted by Crippen LogP contribution is 2.14. The minimum absolute atomic E-state index is 0.235. The van der Waals surface area contributed by atoms with E-state index in [1.165, 1.54) is 0 Å². The van der Waals surface area contributed by atoms with E-state index in [0.29, 0.717) is 23.6 Å². The molecule has 0 aliphatic rings. The molecule has 0 spiro atoms. The number of nitrogens with zero attached hydrogens (tertiary/aromatic N) is 4. The fourth-order valence-electron chi connectivity index (χ4n) is 2.19. The normalized spacial score (nSPS) is 10.4. The number of rotatable bonds is 5. The average Bonchev–Trinajstić information content (AvgIpc) is 3.11. The smallest absolute Gasteiger partial charge is 0.269 e. The molecule has 122 valence electrons. The summed E-state index contributed by atoms with van der Waals surface area (Å²) in [5, 5.41) is 9.70. The molecule has 0 saturated carbocycles. The summed E-state index contributed by atoms with van der Waals surface area (Å²) in [6, 6.07) is 11.1. The lowest BCUT2D eigenvalue weighted by atomic mass is 10.2. The summed E-state index contributed by atoms with van der Waals surface area (Å²) in [5.74, 6) is -0.235. The number of pyridine rings is 2. The second-order valence-corrected chi connectivity index (χ2v) is 5.46. The second-order valence-electron chi connectivity index (χ2n) is 5.46. The van der Waals surface area contributed by atoms with Crippen molar-refractivity contribution in [3.8, 4) is 11.4 Å². The van der Waals surface area contributed by atoms with Crippen LogP contribution < -0.4 is 10.2 Å². The van der Waals surface area contributed by atoms with Crippen LogP contribution in [0.1, 0.15) is 16.2 Å². The zero-order valence-corrected chi connectivity index (χ0v) is 13.5. The standard InChI is InChI=1S/C17H18N6O/c1-23(2)13-6-8-18-12(9-13)11-20-17(24)16-10-15(21-22-16)14-5-3-4-7-19-14/h3-10H,11H2,1-2H3,(H,20,24)(H,21,22). The molecular formula is C17H18N6O. The van der Waals surface area contributed by atoms with E-state index in [2.05, 4.69) is 25.5 Å². The number of nitrogens with one attached hydrogen (secondary N) is 2. The van der Waals surface area contributed by atoms with Crippen molar-refractivity contribution in [2.24, 2.45) is 0 Å². The number of amides is 1. The number of carbonyl (C=O) groups is 1. The van der Waals surface area contributed by atoms with Crippen LogP contribution in [0.3, 0.4) is 0 Å². The SMILES string of the molecule is CN(C)c1ccnc(CNC(=O)c2cc(-c3ccccn3)n[nH]2)c1. The molecule has 3 heterocycles. The maximum atomic E-state index is 12.2. The zero-order valence-electron chi connectivity index (χ0n) is 13.5. The molecule has 3 rings (SSSR count). The van der Waals surface area contributed by atoms with Gasteiger partial charge < -0.3 is 10.2 Å². The molecule has 7 nitrogen and oxygen atoms in total. The molecule has 0 unspecified atom stereocenters. The monoisotopic (exact) mass is 322 g/mol. The molecule has 0 aliphatic heterocycles. The third kappa shape index (κ3) is 3.57. The number of hydrogen-bond donors (Lipinski definition) is 2. The van der Waals surface area contributed by atoms with E-state index >= 15 is 0 Å². The van der Waals surface area contributed by atoms with Crippen LogP contribution in [-0.4, -0.2) is 40.2 Å². The predicted octanol–water partition coefficient (Wildman–Crippen LogP) is 1.86. The molecule has 24 heavy (non-hydrogen) atoms. The summed E-state index contributed by atoms with van der Waals surface area (Å²) in [6.07, 6.45) is 3.42. The molecule has 2 N–H and O–H groups in total. The molecule has 0 bridgehead atoms. The quantitative estimate of drug-likeness (QED) is 0.749. The van der Waals surface area contributed by atoms with E-state index in [4.69, 9.17) is 0 Å². The van der Waals surface area contributed by atoms with Crippen LogP contribution in [-0.2, 0) is 6.54 Å². The van der Waals surface area contributed by atoms with Gasteiger partial charge in [0.2, 0.25) is 0 Å². The Kier molecular flexibility index (Phi) is 4.51. The molecule has 7 heteroatoms. The molecule has 3 aromatic rings. The van der Waals surface area contributed by atoms with Crippen LogP contribution in [0.4, 0.5) is 5.69 Å². The molecule has 3 aromatic heterocycles. The number of aromatic amines is 1. The maximum Gasteiger partial charge on any atom is 0.269 e. The fraction of sp³-hybridized carbons (Fsp3) is 0.176. The molecule has 0 saturated heterocycles. The zero-order chi connectivity index (χ0) is 16.9. The largest absolute Gasteiger partial charge is 0.378 e. The van der Waals surface area contributed by atoms with Gasteiger partial charge in [-0.05, 0) is 30.3 Å². The number of hydrogen-bond acceptors (Lipinski definition) is 5. The van der Waals surface area contributed by atoms with Gasteiger partial charge in [0.05, 0.1) is 17.9 Å². The summed E-state index contributed by atoms with van der Waals surface area (Å²) in [6.45, 7) is 0.346. The van der Waals surface area contributed by atoms with E-state index in [1.807, 2.05) is 49.3 Å². The first-order valence-electron chi connectivity index (χ1n) is 7.51. The Morgan fingerprint density at radius 1 is 1.12 bits per heavy atom. The van der Waals surface area contributed by atoms with Gasteiger partial charge in [-0.2, -0.15) is 5.10 Å². The average molecular weight is 322 g/mol. The lowest BCUT2D eigenvalue weighted by molar-refractivity contribution is 0.0945. The number of anilines is 1. The Morgan fingerprint density at radius 2 is 2.00 bits per heavy atom. The van der Waals surface area contributed by atoms with Crippen molar-refractivity contribution in [3.05, 3.63) is 60.2 Å². The van der Waals surface area contributed by atoms with Gasteiger partial charge in [-0.1, -0.05) is 6.07 Å². The molecule has 0 fully saturated rings. The number of carbonyl (C=O) groups excluding carboxylic acids is 1. The van der Waals surface area contributed by atoms with Crippen LogP contribution in [0, 0.1) is 0 Å². The molecule has 0 aromatic carbocycles. The van der Waals surface area contributed by atoms with Gasteiger partial charge in [0.25, 0.3) is 5.91 Å². The Morgan fingerprint density at radius 3 is 2.75 bits per heavy atom. The highest BCUT2D eigenvalue weighted by molar-refractivity contribution is 5.93. The van der Waals surface area contributed by atoms with Gasteiger partial charge in [-0.3, -0.25) is 19.9 Å². The lowest BCUT2D eigenvalue weighted by Crippen LogP contribution is -2.23. The van der Waals surface area contributed by atoms with E-state index < -0.39 is 0 Å². The summed E-state index contributed by atoms with van der Waals surface area (Å²) < 4.78 is 0. The van der Waals surface area contributed by atoms with E-state index in [1.54, 1.807) is 18.5 Å². The third-order valence-electron chi connectivity index (χ3n) is 3.50. The summed E-state index contributed by atoms with van der Waals surface area (Å²) in [5.41, 5.74) is 3.56. The van der Waals surface area contributed by atoms with Crippen molar-refractivity contribution in [1.29, 1.82) is 0 Å². The van der Waals surface area contributed by atoms with Crippen LogP contribution >= 0.6 is 0 Å². The summed E-state index contributed by atoms with van der Waals surface area (Å²) in [7, 11) is 3.92. The number of H-pyrrole nitrogens is 1. The maximum absolute atomic E-state index is 12.2. The second kappa shape index (κ2) is 6.91. The summed E-state index contributed by atoms with van der Waals surface area (Å²) in [4.78, 5) is 22.7. The van der Waals surface area contributed by atoms with Crippen molar-refractivity contribution in [2.75, 3.05) is 19.0 Å². The van der Waals surface area contributed by atoms with Crippen LogP contribution in [0.15, 0.2) is 48.8 Å². The first-order chi connectivity index (χ1) is 11.6. The van der Waals surface area contributed by atoms with E-state index in [0.717, 1.165) is 11.4 Å². The van der Waals surface area contributed by atoms with Crippen molar-refractivity contribution in [3.63, 3.8) is 0 Å². The van der Waals surface area contributed by atoms with Crippen LogP contribution in [0.2, 0.25) is 0 Å². The summed E-state index contributed by atoms with van der Waals surface area (Å²) >= 11 is 0. The molecule has 0 aliphatic carbocycles. The highest BCUT2D eigenvalue weighted by atomic mass is 16.1. The highest BCUT2D eigenvalue weighted by Gasteiger charge is 2.11. The third-order valence-corrected chi connectivity index (χ3v) is 3.50. The molecular weight excluding hydrogens is 304 g/mol. The predicted molar refractivity (Wildman–Crippen MR) is 91.6 cm³/mol. The Bertz CT molecular complexity index is 828. The minimum atomic E-state index is -0.235. The molecule has 1 amide bonds. The first kappa shape index (κ1) is 15.7. The van der Waals surface area contributed by atoms with Crippen LogP contribution in [0.5, 0.6) is 0 Å². The van der Waals surface area contributed by atoms with Gasteiger partial charge in [0.1, 0.15) is 11.4 Å². The molecule has 0 radical (unpaired) electrons. The first-order valence-corrected chi connectivity index (χ1v) is 7.51. The van der Waals surface area contributed by atoms with Gasteiger partial charge in [-0.25, -0.2) is 0 Å². The van der Waals surface area contributed by atoms with Crippen molar-refractivity contribution in [2.45, 2.75) is 6.54 Å². The molecule has 0 atom stereocenters. The topological polar surface area (TPSA) is 86.8 Å². The van der Waals surface area contributed by atoms with Crippen molar-refractivity contribution in [1.82, 2.24) is 25.5 Å². The van der Waals surface area contributed by atoms with Gasteiger partial charge in [0.15, 0.2) is 0 Å². The Labute approximate surface area is 139 Å². The number of aromatic nitrogens is 4. The van der Waals surface area contributed by atoms with E-state index in [9.17, 15) is 4.79 Å². The Balaban J connectivity index is 1.66. The fourth-order valence-corrected chi connectivity index (χ4v) is 2.19. The Hall–Kier alpha value is -3.22. The van der Waals surface area contributed by atoms with Gasteiger partial charge in [0, 0.05) is 32.2 Å². The van der Waals surface area contributed by atoms with Gasteiger partial charge >= 0.3 is 0 Å². The lowest BCUT2D eigenvalue weighted by Gasteiger charge is -2.13. The van der Waals surface area contributed by atoms with Crippen molar-refractivity contribution < 1.29 is 4.79 Å². The minimum Gasteiger partial charge on any atom is -0.378 e. The van der Waals surface area contributed by atoms with Crippen LogP contribution in [0.25, 0.3) is 11.4 Å². The van der Waals surface area contributed by atoms with Crippen molar-refractivity contribution >= 4 is 11.6 Å². The van der Waals surface area contributed by atoms with Gasteiger partial charge in [-0.15, -0.1) is 0 Å².